The summed E-state index contributed by atoms with van der Waals surface area (Å²) >= 11 is 0. The van der Waals surface area contributed by atoms with E-state index in [-0.39, 0.29) is 11.7 Å². The summed E-state index contributed by atoms with van der Waals surface area (Å²) in [5.74, 6) is 1.20. The van der Waals surface area contributed by atoms with Crippen molar-refractivity contribution in [3.8, 4) is 22.3 Å². The van der Waals surface area contributed by atoms with Crippen molar-refractivity contribution in [2.45, 2.75) is 70.6 Å². The van der Waals surface area contributed by atoms with E-state index in [0.717, 1.165) is 34.6 Å². The predicted molar refractivity (Wildman–Crippen MR) is 153 cm³/mol. The fourth-order valence-electron chi connectivity index (χ4n) is 5.60. The lowest BCUT2D eigenvalue weighted by molar-refractivity contribution is -0.116. The van der Waals surface area contributed by atoms with Crippen molar-refractivity contribution in [2.75, 3.05) is 6.54 Å². The van der Waals surface area contributed by atoms with Crippen LogP contribution in [0.15, 0.2) is 79.4 Å². The molecule has 0 saturated heterocycles. The van der Waals surface area contributed by atoms with Crippen LogP contribution in [0.2, 0.25) is 0 Å². The molecule has 2 nitrogen and oxygen atoms in total. The van der Waals surface area contributed by atoms with Crippen LogP contribution >= 0.6 is 0 Å². The van der Waals surface area contributed by atoms with Gasteiger partial charge in [0.15, 0.2) is 0 Å². The number of hydrogen-bond acceptors (Lipinski definition) is 1. The van der Waals surface area contributed by atoms with Crippen LogP contribution in [0.1, 0.15) is 75.3 Å². The lowest BCUT2D eigenvalue weighted by Gasteiger charge is -2.29. The van der Waals surface area contributed by atoms with Crippen molar-refractivity contribution in [2.24, 2.45) is 5.92 Å². The number of benzene rings is 3. The van der Waals surface area contributed by atoms with Crippen LogP contribution in [0.4, 0.5) is 4.39 Å². The van der Waals surface area contributed by atoms with E-state index in [1.807, 2.05) is 36.4 Å². The molecule has 0 aromatic heterocycles. The Kier molecular flexibility index (Phi) is 9.71. The number of halogens is 1. The number of hydrogen-bond donors (Lipinski definition) is 1. The van der Waals surface area contributed by atoms with E-state index in [0.29, 0.717) is 18.0 Å². The first-order valence-corrected chi connectivity index (χ1v) is 14.0. The van der Waals surface area contributed by atoms with E-state index >= 15 is 4.39 Å². The molecule has 194 valence electrons. The van der Waals surface area contributed by atoms with Gasteiger partial charge in [-0.3, -0.25) is 4.79 Å². The number of unbranched alkanes of at least 4 members (excludes halogenated alkanes) is 2. The fraction of sp³-hybridized carbons (Fsp3) is 0.382. The third-order valence-corrected chi connectivity index (χ3v) is 7.91. The molecule has 0 aliphatic heterocycles. The maximum atomic E-state index is 15.1. The minimum absolute atomic E-state index is 0.172. The summed E-state index contributed by atoms with van der Waals surface area (Å²) in [6.45, 7) is 6.28. The van der Waals surface area contributed by atoms with E-state index in [1.54, 1.807) is 6.07 Å². The molecule has 3 aromatic rings. The normalized spacial score (nSPS) is 17.4. The van der Waals surface area contributed by atoms with Crippen molar-refractivity contribution < 1.29 is 9.18 Å². The van der Waals surface area contributed by atoms with E-state index < -0.39 is 0 Å². The summed E-state index contributed by atoms with van der Waals surface area (Å²) in [6.07, 6.45) is 12.8. The molecule has 1 aliphatic carbocycles. The number of carbonyl (C=O) groups is 1. The van der Waals surface area contributed by atoms with Gasteiger partial charge in [0.05, 0.1) is 0 Å². The molecule has 37 heavy (non-hydrogen) atoms. The summed E-state index contributed by atoms with van der Waals surface area (Å²) in [7, 11) is 0. The molecule has 0 radical (unpaired) electrons. The Hall–Kier alpha value is -3.20. The van der Waals surface area contributed by atoms with Crippen molar-refractivity contribution in [1.29, 1.82) is 0 Å². The average molecular weight is 498 g/mol. The molecule has 1 aliphatic rings. The largest absolute Gasteiger partial charge is 0.352 e. The topological polar surface area (TPSA) is 29.1 Å². The highest BCUT2D eigenvalue weighted by atomic mass is 19.1. The zero-order valence-corrected chi connectivity index (χ0v) is 22.1. The summed E-state index contributed by atoms with van der Waals surface area (Å²) in [6, 6.07) is 22.2. The van der Waals surface area contributed by atoms with E-state index in [9.17, 15) is 4.79 Å². The van der Waals surface area contributed by atoms with Crippen molar-refractivity contribution in [1.82, 2.24) is 5.32 Å². The Labute approximate surface area is 222 Å². The smallest absolute Gasteiger partial charge is 0.243 e. The van der Waals surface area contributed by atoms with E-state index in [4.69, 9.17) is 0 Å². The minimum atomic E-state index is -0.214. The number of amides is 1. The summed E-state index contributed by atoms with van der Waals surface area (Å²) in [5, 5.41) is 2.77. The fourth-order valence-corrected chi connectivity index (χ4v) is 5.60. The average Bonchev–Trinajstić information content (AvgIpc) is 2.94. The van der Waals surface area contributed by atoms with Gasteiger partial charge in [0.1, 0.15) is 5.82 Å². The van der Waals surface area contributed by atoms with Crippen molar-refractivity contribution >= 4 is 5.91 Å². The minimum Gasteiger partial charge on any atom is -0.352 e. The van der Waals surface area contributed by atoms with Crippen LogP contribution in [0.3, 0.4) is 0 Å². The molecule has 3 aromatic carbocycles. The van der Waals surface area contributed by atoms with Crippen LogP contribution < -0.4 is 5.32 Å². The van der Waals surface area contributed by atoms with Crippen molar-refractivity contribution in [3.63, 3.8) is 0 Å². The quantitative estimate of drug-likeness (QED) is 0.208. The molecule has 0 spiro atoms. The highest BCUT2D eigenvalue weighted by molar-refractivity contribution is 5.86. The second kappa shape index (κ2) is 13.4. The summed E-state index contributed by atoms with van der Waals surface area (Å²) in [5.41, 5.74) is 5.93. The van der Waals surface area contributed by atoms with Crippen LogP contribution in [0.25, 0.3) is 22.3 Å². The van der Waals surface area contributed by atoms with Gasteiger partial charge in [0.2, 0.25) is 5.91 Å². The van der Waals surface area contributed by atoms with Gasteiger partial charge in [-0.05, 0) is 83.9 Å². The Morgan fingerprint density at radius 1 is 0.919 bits per heavy atom. The van der Waals surface area contributed by atoms with Crippen molar-refractivity contribution in [3.05, 3.63) is 96.3 Å². The molecule has 4 rings (SSSR count). The molecule has 1 saturated carbocycles. The maximum absolute atomic E-state index is 15.1. The molecule has 1 fully saturated rings. The molecule has 1 amide bonds. The highest BCUT2D eigenvalue weighted by Crippen LogP contribution is 2.38. The van der Waals surface area contributed by atoms with Gasteiger partial charge in [-0.15, -0.1) is 0 Å². The lowest BCUT2D eigenvalue weighted by Crippen LogP contribution is -2.23. The molecule has 0 unspecified atom stereocenters. The molecular weight excluding hydrogens is 457 g/mol. The predicted octanol–water partition coefficient (Wildman–Crippen LogP) is 8.86. The Balaban J connectivity index is 1.35. The van der Waals surface area contributed by atoms with Gasteiger partial charge in [0, 0.05) is 12.1 Å². The third kappa shape index (κ3) is 7.41. The first kappa shape index (κ1) is 26.9. The maximum Gasteiger partial charge on any atom is 0.243 e. The van der Waals surface area contributed by atoms with E-state index in [1.165, 1.54) is 63.0 Å². The Morgan fingerprint density at radius 2 is 1.59 bits per heavy atom. The van der Waals surface area contributed by atoms with Gasteiger partial charge in [-0.1, -0.05) is 99.8 Å². The number of rotatable bonds is 11. The summed E-state index contributed by atoms with van der Waals surface area (Å²) < 4.78 is 15.1. The van der Waals surface area contributed by atoms with Gasteiger partial charge in [-0.25, -0.2) is 4.39 Å². The van der Waals surface area contributed by atoms with Gasteiger partial charge in [0.25, 0.3) is 0 Å². The van der Waals surface area contributed by atoms with Gasteiger partial charge in [-0.2, -0.15) is 0 Å². The third-order valence-electron chi connectivity index (χ3n) is 7.91. The second-order valence-electron chi connectivity index (χ2n) is 10.5. The molecule has 3 heteroatoms. The first-order chi connectivity index (χ1) is 18.1. The SMILES string of the molecule is C=CC(=O)NCCc1ccc(-c2ccc(-c3ccc(C4CCC(CCCCC)CC4)cc3)cc2F)cc1. The van der Waals surface area contributed by atoms with E-state index in [2.05, 4.69) is 43.1 Å². The molecule has 0 bridgehead atoms. The van der Waals surface area contributed by atoms with Gasteiger partial charge < -0.3 is 5.32 Å². The van der Waals surface area contributed by atoms with Crippen LogP contribution in [-0.2, 0) is 11.2 Å². The monoisotopic (exact) mass is 497 g/mol. The Bertz CT molecular complexity index is 1160. The Morgan fingerprint density at radius 3 is 2.24 bits per heavy atom. The lowest BCUT2D eigenvalue weighted by atomic mass is 9.77. The number of nitrogens with one attached hydrogen (secondary N) is 1. The van der Waals surface area contributed by atoms with Crippen LogP contribution in [0.5, 0.6) is 0 Å². The standard InChI is InChI=1S/C34H40FNO/c1-3-5-6-7-25-8-12-27(13-9-25)28-16-18-29(19-17-28)31-20-21-32(33(35)24-31)30-14-10-26(11-15-30)22-23-36-34(37)4-2/h4,10-11,14-21,24-25,27H,2-3,5-9,12-13,22-23H2,1H3,(H,36,37). The van der Waals surface area contributed by atoms with Crippen LogP contribution in [0, 0.1) is 11.7 Å². The molecule has 1 N–H and O–H groups in total. The highest BCUT2D eigenvalue weighted by Gasteiger charge is 2.22. The zero-order chi connectivity index (χ0) is 26.0. The molecular formula is C34H40FNO. The zero-order valence-electron chi connectivity index (χ0n) is 22.1. The first-order valence-electron chi connectivity index (χ1n) is 14.0. The second-order valence-corrected chi connectivity index (χ2v) is 10.5. The molecule has 0 heterocycles. The molecule has 0 atom stereocenters. The van der Waals surface area contributed by atoms with Crippen LogP contribution in [-0.4, -0.2) is 12.5 Å². The number of carbonyl (C=O) groups excluding carboxylic acids is 1. The van der Waals surface area contributed by atoms with Gasteiger partial charge >= 0.3 is 0 Å². The summed E-state index contributed by atoms with van der Waals surface area (Å²) in [4.78, 5) is 11.3.